The Morgan fingerprint density at radius 1 is 1.23 bits per heavy atom. The lowest BCUT2D eigenvalue weighted by Gasteiger charge is -2.16. The van der Waals surface area contributed by atoms with Crippen LogP contribution < -0.4 is 11.1 Å². The van der Waals surface area contributed by atoms with E-state index in [1.54, 1.807) is 23.9 Å². The number of thioether (sulfide) groups is 1. The van der Waals surface area contributed by atoms with Gasteiger partial charge >= 0.3 is 0 Å². The molecule has 0 fully saturated rings. The van der Waals surface area contributed by atoms with Gasteiger partial charge in [0.05, 0.1) is 18.0 Å². The van der Waals surface area contributed by atoms with Crippen molar-refractivity contribution in [1.29, 1.82) is 0 Å². The summed E-state index contributed by atoms with van der Waals surface area (Å²) in [7, 11) is -2.67. The molecule has 2 unspecified atom stereocenters. The predicted molar refractivity (Wildman–Crippen MR) is 130 cm³/mol. The number of nitrogens with two attached hydrogens (primary N) is 1. The van der Waals surface area contributed by atoms with Gasteiger partial charge in [-0.1, -0.05) is 31.2 Å². The highest BCUT2D eigenvalue weighted by atomic mass is 32.2. The molecule has 0 saturated heterocycles. The van der Waals surface area contributed by atoms with Crippen LogP contribution in [0.5, 0.6) is 0 Å². The molecule has 2 rings (SSSR count). The number of amides is 1. The van der Waals surface area contributed by atoms with E-state index in [4.69, 9.17) is 10.3 Å². The lowest BCUT2D eigenvalue weighted by molar-refractivity contribution is 0.102. The Kier molecular flexibility index (Phi) is 9.22. The minimum atomic E-state index is -2.67. The molecule has 0 bridgehead atoms. The lowest BCUT2D eigenvalue weighted by atomic mass is 10.1. The van der Waals surface area contributed by atoms with E-state index in [-0.39, 0.29) is 11.2 Å². The second kappa shape index (κ2) is 11.4. The molecular formula is C23H31N2O3PS. The van der Waals surface area contributed by atoms with Gasteiger partial charge in [0.25, 0.3) is 5.91 Å². The molecule has 0 aliphatic rings. The fourth-order valence-corrected chi connectivity index (χ4v) is 5.36. The summed E-state index contributed by atoms with van der Waals surface area (Å²) in [5, 5.41) is 5.20. The first kappa shape index (κ1) is 24.3. The zero-order valence-electron chi connectivity index (χ0n) is 18.1. The Morgan fingerprint density at radius 2 is 1.93 bits per heavy atom. The summed E-state index contributed by atoms with van der Waals surface area (Å²) in [4.78, 5) is 12.7. The van der Waals surface area contributed by atoms with Gasteiger partial charge in [0.1, 0.15) is 0 Å². The van der Waals surface area contributed by atoms with Crippen molar-refractivity contribution in [1.82, 2.24) is 0 Å². The second-order valence-electron chi connectivity index (χ2n) is 6.95. The van der Waals surface area contributed by atoms with Gasteiger partial charge in [0, 0.05) is 23.1 Å². The molecule has 0 saturated carbocycles. The fraction of sp³-hybridized carbons (Fsp3) is 0.348. The van der Waals surface area contributed by atoms with Crippen molar-refractivity contribution in [2.45, 2.75) is 39.1 Å². The summed E-state index contributed by atoms with van der Waals surface area (Å²) in [6.07, 6.45) is 2.86. The van der Waals surface area contributed by atoms with Crippen LogP contribution in [0.15, 0.2) is 53.9 Å². The zero-order chi connectivity index (χ0) is 22.1. The van der Waals surface area contributed by atoms with E-state index in [2.05, 4.69) is 12.2 Å². The molecule has 0 aliphatic heterocycles. The summed E-state index contributed by atoms with van der Waals surface area (Å²) >= 11 is 1.70. The van der Waals surface area contributed by atoms with E-state index in [1.807, 2.05) is 62.6 Å². The number of benzene rings is 2. The Hall–Kier alpha value is -2.01. The van der Waals surface area contributed by atoms with Crippen molar-refractivity contribution >= 4 is 36.4 Å². The Morgan fingerprint density at radius 3 is 2.53 bits per heavy atom. The third kappa shape index (κ3) is 6.76. The van der Waals surface area contributed by atoms with Gasteiger partial charge in [-0.15, -0.1) is 11.8 Å². The average Bonchev–Trinajstić information content (AvgIpc) is 2.74. The number of nitrogens with one attached hydrogen (secondary N) is 1. The SMILES string of the molecule is C/C=C\SC(C)c1ccc(N)c(NC(=O)c2ccc(CP(=O)(CC)OCC)cc2)c1. The van der Waals surface area contributed by atoms with E-state index < -0.39 is 7.37 Å². The van der Waals surface area contributed by atoms with Gasteiger partial charge in [0.15, 0.2) is 0 Å². The third-order valence-electron chi connectivity index (χ3n) is 4.70. The van der Waals surface area contributed by atoms with Crippen LogP contribution in [-0.4, -0.2) is 18.7 Å². The first-order valence-corrected chi connectivity index (χ1v) is 13.0. The Balaban J connectivity index is 2.12. The highest BCUT2D eigenvalue weighted by Gasteiger charge is 2.20. The number of hydrogen-bond acceptors (Lipinski definition) is 5. The van der Waals surface area contributed by atoms with Gasteiger partial charge in [-0.05, 0) is 61.6 Å². The summed E-state index contributed by atoms with van der Waals surface area (Å²) in [6, 6.07) is 12.8. The molecule has 0 radical (unpaired) electrons. The van der Waals surface area contributed by atoms with Gasteiger partial charge in [0.2, 0.25) is 7.37 Å². The zero-order valence-corrected chi connectivity index (χ0v) is 19.8. The molecule has 3 N–H and O–H groups in total. The normalized spacial score (nSPS) is 14.4. The van der Waals surface area contributed by atoms with Crippen molar-refractivity contribution in [2.24, 2.45) is 0 Å². The fourth-order valence-electron chi connectivity index (χ4n) is 2.93. The highest BCUT2D eigenvalue weighted by Crippen LogP contribution is 2.49. The van der Waals surface area contributed by atoms with Crippen molar-refractivity contribution in [2.75, 3.05) is 23.8 Å². The molecule has 0 heterocycles. The molecule has 7 heteroatoms. The molecule has 0 spiro atoms. The third-order valence-corrected chi connectivity index (χ3v) is 8.35. The van der Waals surface area contributed by atoms with Crippen LogP contribution >= 0.6 is 19.1 Å². The molecule has 0 aliphatic carbocycles. The largest absolute Gasteiger partial charge is 0.397 e. The molecule has 162 valence electrons. The maximum Gasteiger partial charge on any atom is 0.255 e. The monoisotopic (exact) mass is 446 g/mol. The smallest absolute Gasteiger partial charge is 0.255 e. The lowest BCUT2D eigenvalue weighted by Crippen LogP contribution is -2.13. The van der Waals surface area contributed by atoms with Gasteiger partial charge in [-0.3, -0.25) is 9.36 Å². The van der Waals surface area contributed by atoms with Crippen LogP contribution in [0.4, 0.5) is 11.4 Å². The predicted octanol–water partition coefficient (Wildman–Crippen LogP) is 6.68. The molecule has 0 aromatic heterocycles. The first-order chi connectivity index (χ1) is 14.3. The molecule has 2 aromatic rings. The minimum Gasteiger partial charge on any atom is -0.397 e. The van der Waals surface area contributed by atoms with Crippen LogP contribution in [0.3, 0.4) is 0 Å². The number of nitrogen functional groups attached to an aromatic ring is 1. The number of carbonyl (C=O) groups excluding carboxylic acids is 1. The van der Waals surface area contributed by atoms with Crippen molar-refractivity contribution in [3.63, 3.8) is 0 Å². The van der Waals surface area contributed by atoms with E-state index in [1.165, 1.54) is 0 Å². The topological polar surface area (TPSA) is 81.4 Å². The molecule has 30 heavy (non-hydrogen) atoms. The van der Waals surface area contributed by atoms with Gasteiger partial charge < -0.3 is 15.6 Å². The highest BCUT2D eigenvalue weighted by molar-refractivity contribution is 8.02. The first-order valence-electron chi connectivity index (χ1n) is 10.1. The van der Waals surface area contributed by atoms with Crippen LogP contribution in [0.2, 0.25) is 0 Å². The number of allylic oxidation sites excluding steroid dienone is 1. The second-order valence-corrected chi connectivity index (χ2v) is 11.0. The van der Waals surface area contributed by atoms with E-state index >= 15 is 0 Å². The standard InChI is InChI=1S/C23H31N2O3PS/c1-5-14-30-17(4)20-12-13-21(24)22(15-20)25-23(26)19-10-8-18(9-11-19)16-29(27,7-3)28-6-2/h5,8-15,17H,6-7,16,24H2,1-4H3,(H,25,26)/b14-5-. The Labute approximate surface area is 183 Å². The molecule has 1 amide bonds. The maximum absolute atomic E-state index is 12.7. The number of anilines is 2. The summed E-state index contributed by atoms with van der Waals surface area (Å²) in [5.74, 6) is -0.234. The molecule has 2 aromatic carbocycles. The van der Waals surface area contributed by atoms with Crippen molar-refractivity contribution in [3.8, 4) is 0 Å². The average molecular weight is 447 g/mol. The summed E-state index contributed by atoms with van der Waals surface area (Å²) in [5.41, 5.74) is 9.69. The van der Waals surface area contributed by atoms with E-state index in [0.29, 0.717) is 35.9 Å². The maximum atomic E-state index is 12.7. The van der Waals surface area contributed by atoms with E-state index in [9.17, 15) is 9.36 Å². The number of rotatable bonds is 10. The molecule has 5 nitrogen and oxygen atoms in total. The number of carbonyl (C=O) groups is 1. The van der Waals surface area contributed by atoms with Crippen LogP contribution in [0.1, 0.15) is 54.4 Å². The number of hydrogen-bond donors (Lipinski definition) is 2. The van der Waals surface area contributed by atoms with Crippen LogP contribution in [0, 0.1) is 0 Å². The Bertz CT molecular complexity index is 929. The summed E-state index contributed by atoms with van der Waals surface area (Å²) in [6.45, 7) is 8.23. The van der Waals surface area contributed by atoms with Crippen LogP contribution in [0.25, 0.3) is 0 Å². The van der Waals surface area contributed by atoms with Gasteiger partial charge in [-0.25, -0.2) is 0 Å². The minimum absolute atomic E-state index is 0.234. The van der Waals surface area contributed by atoms with Crippen molar-refractivity contribution < 1.29 is 13.9 Å². The quantitative estimate of drug-likeness (QED) is 0.314. The molecular weight excluding hydrogens is 415 g/mol. The van der Waals surface area contributed by atoms with Crippen molar-refractivity contribution in [3.05, 3.63) is 70.6 Å². The molecule has 2 atom stereocenters. The van der Waals surface area contributed by atoms with Crippen LogP contribution in [-0.2, 0) is 15.3 Å². The van der Waals surface area contributed by atoms with E-state index in [0.717, 1.165) is 11.1 Å². The summed E-state index contributed by atoms with van der Waals surface area (Å²) < 4.78 is 18.1. The van der Waals surface area contributed by atoms with Gasteiger partial charge in [-0.2, -0.15) is 0 Å².